The molecule has 0 unspecified atom stereocenters. The molecular formula is C18H22N2O5. The van der Waals surface area contributed by atoms with Gasteiger partial charge >= 0.3 is 5.97 Å². The fourth-order valence-corrected chi connectivity index (χ4v) is 3.49. The van der Waals surface area contributed by atoms with Crippen LogP contribution in [0.5, 0.6) is 0 Å². The molecule has 2 fully saturated rings. The maximum Gasteiger partial charge on any atom is 0.328 e. The normalized spacial score (nSPS) is 25.1. The maximum absolute atomic E-state index is 12.8. The molecule has 0 radical (unpaired) electrons. The second-order valence-corrected chi connectivity index (χ2v) is 6.49. The van der Waals surface area contributed by atoms with Crippen LogP contribution in [0.4, 0.5) is 0 Å². The number of benzene rings is 1. The molecule has 1 aromatic rings. The first-order valence-electron chi connectivity index (χ1n) is 8.44. The molecule has 3 atom stereocenters. The van der Waals surface area contributed by atoms with Crippen LogP contribution in [0.1, 0.15) is 24.9 Å². The Morgan fingerprint density at radius 2 is 2.00 bits per heavy atom. The number of ether oxygens (including phenoxy) is 1. The summed E-state index contributed by atoms with van der Waals surface area (Å²) in [6, 6.07) is 8.56. The first-order chi connectivity index (χ1) is 12.0. The summed E-state index contributed by atoms with van der Waals surface area (Å²) in [5, 5.41) is 9.29. The van der Waals surface area contributed by atoms with Crippen molar-refractivity contribution in [2.45, 2.75) is 25.4 Å². The third-order valence-electron chi connectivity index (χ3n) is 4.95. The number of aliphatic carboxylic acids is 1. The van der Waals surface area contributed by atoms with Crippen LogP contribution in [0.3, 0.4) is 0 Å². The number of carboxylic acids is 1. The van der Waals surface area contributed by atoms with E-state index in [1.165, 1.54) is 4.90 Å². The largest absolute Gasteiger partial charge is 0.480 e. The van der Waals surface area contributed by atoms with Crippen LogP contribution in [0.2, 0.25) is 0 Å². The van der Waals surface area contributed by atoms with Crippen LogP contribution in [0, 0.1) is 5.92 Å². The number of carbonyl (C=O) groups excluding carboxylic acids is 2. The lowest BCUT2D eigenvalue weighted by Crippen LogP contribution is -2.54. The molecule has 0 spiro atoms. The summed E-state index contributed by atoms with van der Waals surface area (Å²) in [5.41, 5.74) is 1.01. The number of rotatable bonds is 4. The molecule has 2 aliphatic rings. The minimum atomic E-state index is -1.08. The van der Waals surface area contributed by atoms with Gasteiger partial charge in [-0.2, -0.15) is 0 Å². The molecule has 134 valence electrons. The molecule has 7 heteroatoms. The second-order valence-electron chi connectivity index (χ2n) is 6.49. The first-order valence-corrected chi connectivity index (χ1v) is 8.44. The molecule has 0 saturated carbocycles. The lowest BCUT2D eigenvalue weighted by atomic mass is 10.0. The fraction of sp³-hybridized carbons (Fsp3) is 0.500. The summed E-state index contributed by atoms with van der Waals surface area (Å²) in [7, 11) is 0. The average Bonchev–Trinajstić information content (AvgIpc) is 3.03. The molecule has 0 bridgehead atoms. The third kappa shape index (κ3) is 3.51. The van der Waals surface area contributed by atoms with Gasteiger partial charge in [0.15, 0.2) is 6.04 Å². The lowest BCUT2D eigenvalue weighted by molar-refractivity contribution is -0.160. The lowest BCUT2D eigenvalue weighted by Gasteiger charge is -2.34. The highest BCUT2D eigenvalue weighted by Gasteiger charge is 2.42. The number of hydrogen-bond acceptors (Lipinski definition) is 4. The molecule has 0 aromatic heterocycles. The van der Waals surface area contributed by atoms with Gasteiger partial charge in [-0.3, -0.25) is 9.59 Å². The van der Waals surface area contributed by atoms with Gasteiger partial charge in [0.1, 0.15) is 0 Å². The highest BCUT2D eigenvalue weighted by Crippen LogP contribution is 2.30. The number of amides is 2. The van der Waals surface area contributed by atoms with E-state index in [2.05, 4.69) is 0 Å². The molecule has 0 aliphatic carbocycles. The van der Waals surface area contributed by atoms with Gasteiger partial charge in [0, 0.05) is 19.5 Å². The summed E-state index contributed by atoms with van der Waals surface area (Å²) in [6.07, 6.45) is 0.125. The second kappa shape index (κ2) is 7.23. The fourth-order valence-electron chi connectivity index (χ4n) is 3.49. The standard InChI is InChI=1S/C18H22N2O5/c1-12(13-5-3-2-4-6-13)20-10-14(9-16(20)21)17(22)19-7-8-25-11-15(19)18(23)24/h2-6,12,14-15H,7-11H2,1H3,(H,23,24)/t12-,14+,15+/m1/s1. The zero-order valence-corrected chi connectivity index (χ0v) is 14.1. The van der Waals surface area contributed by atoms with Gasteiger partial charge in [0.25, 0.3) is 0 Å². The van der Waals surface area contributed by atoms with Gasteiger partial charge in [-0.25, -0.2) is 4.79 Å². The highest BCUT2D eigenvalue weighted by molar-refractivity contribution is 5.91. The Morgan fingerprint density at radius 1 is 1.28 bits per heavy atom. The SMILES string of the molecule is C[C@H](c1ccccc1)N1C[C@@H](C(=O)N2CCOC[C@H]2C(=O)O)CC1=O. The van der Waals surface area contributed by atoms with E-state index in [-0.39, 0.29) is 37.4 Å². The van der Waals surface area contributed by atoms with E-state index in [1.54, 1.807) is 4.90 Å². The quantitative estimate of drug-likeness (QED) is 0.876. The Kier molecular flexibility index (Phi) is 5.03. The molecular weight excluding hydrogens is 324 g/mol. The predicted octanol–water partition coefficient (Wildman–Crippen LogP) is 0.908. The summed E-state index contributed by atoms with van der Waals surface area (Å²) in [6.45, 7) is 2.81. The Balaban J connectivity index is 1.71. The highest BCUT2D eigenvalue weighted by atomic mass is 16.5. The zero-order valence-electron chi connectivity index (χ0n) is 14.1. The molecule has 2 amide bonds. The zero-order chi connectivity index (χ0) is 18.0. The van der Waals surface area contributed by atoms with Gasteiger partial charge in [-0.1, -0.05) is 30.3 Å². The summed E-state index contributed by atoms with van der Waals surface area (Å²) >= 11 is 0. The van der Waals surface area contributed by atoms with Crippen LogP contribution >= 0.6 is 0 Å². The van der Waals surface area contributed by atoms with Crippen molar-refractivity contribution in [3.05, 3.63) is 35.9 Å². The molecule has 1 N–H and O–H groups in total. The number of nitrogens with zero attached hydrogens (tertiary/aromatic N) is 2. The van der Waals surface area contributed by atoms with E-state index in [0.717, 1.165) is 5.56 Å². The van der Waals surface area contributed by atoms with Crippen LogP contribution in [-0.2, 0) is 19.1 Å². The molecule has 1 aromatic carbocycles. The van der Waals surface area contributed by atoms with Gasteiger partial charge in [0.2, 0.25) is 11.8 Å². The topological polar surface area (TPSA) is 87.2 Å². The maximum atomic E-state index is 12.8. The first kappa shape index (κ1) is 17.4. The van der Waals surface area contributed by atoms with Crippen LogP contribution in [-0.4, -0.2) is 65.0 Å². The number of morpholine rings is 1. The minimum Gasteiger partial charge on any atom is -0.480 e. The molecule has 7 nitrogen and oxygen atoms in total. The number of carbonyl (C=O) groups is 3. The summed E-state index contributed by atoms with van der Waals surface area (Å²) in [4.78, 5) is 39.6. The van der Waals surface area contributed by atoms with Crippen LogP contribution < -0.4 is 0 Å². The van der Waals surface area contributed by atoms with Crippen molar-refractivity contribution >= 4 is 17.8 Å². The van der Waals surface area contributed by atoms with Gasteiger partial charge in [-0.05, 0) is 12.5 Å². The van der Waals surface area contributed by atoms with Gasteiger partial charge in [0.05, 0.1) is 25.2 Å². The van der Waals surface area contributed by atoms with E-state index in [1.807, 2.05) is 37.3 Å². The molecule has 25 heavy (non-hydrogen) atoms. The van der Waals surface area contributed by atoms with Crippen LogP contribution in [0.15, 0.2) is 30.3 Å². The van der Waals surface area contributed by atoms with Crippen LogP contribution in [0.25, 0.3) is 0 Å². The van der Waals surface area contributed by atoms with E-state index in [0.29, 0.717) is 13.2 Å². The van der Waals surface area contributed by atoms with E-state index in [9.17, 15) is 19.5 Å². The smallest absolute Gasteiger partial charge is 0.328 e. The molecule has 3 rings (SSSR count). The Morgan fingerprint density at radius 3 is 2.68 bits per heavy atom. The average molecular weight is 346 g/mol. The number of carboxylic acid groups (broad SMARTS) is 1. The molecule has 2 aliphatic heterocycles. The predicted molar refractivity (Wildman–Crippen MR) is 88.6 cm³/mol. The van der Waals surface area contributed by atoms with Crippen molar-refractivity contribution in [3.8, 4) is 0 Å². The minimum absolute atomic E-state index is 0.00806. The number of likely N-dealkylation sites (tertiary alicyclic amines) is 1. The Labute approximate surface area is 146 Å². The summed E-state index contributed by atoms with van der Waals surface area (Å²) < 4.78 is 5.17. The van der Waals surface area contributed by atoms with Crippen molar-refractivity contribution in [3.63, 3.8) is 0 Å². The van der Waals surface area contributed by atoms with Crippen molar-refractivity contribution < 1.29 is 24.2 Å². The van der Waals surface area contributed by atoms with E-state index in [4.69, 9.17) is 4.74 Å². The third-order valence-corrected chi connectivity index (χ3v) is 4.95. The van der Waals surface area contributed by atoms with Gasteiger partial charge < -0.3 is 19.6 Å². The van der Waals surface area contributed by atoms with Crippen molar-refractivity contribution in [2.75, 3.05) is 26.3 Å². The molecule has 2 heterocycles. The Bertz CT molecular complexity index is 663. The number of hydrogen-bond donors (Lipinski definition) is 1. The summed E-state index contributed by atoms with van der Waals surface area (Å²) in [5.74, 6) is -1.92. The van der Waals surface area contributed by atoms with Gasteiger partial charge in [-0.15, -0.1) is 0 Å². The molecule has 2 saturated heterocycles. The van der Waals surface area contributed by atoms with Crippen molar-refractivity contribution in [2.24, 2.45) is 5.92 Å². The van der Waals surface area contributed by atoms with Crippen molar-refractivity contribution in [1.29, 1.82) is 0 Å². The Hall–Kier alpha value is -2.41. The monoisotopic (exact) mass is 346 g/mol. The van der Waals surface area contributed by atoms with E-state index < -0.39 is 17.9 Å². The van der Waals surface area contributed by atoms with E-state index >= 15 is 0 Å². The van der Waals surface area contributed by atoms with Crippen molar-refractivity contribution in [1.82, 2.24) is 9.80 Å².